The fraction of sp³-hybridized carbons (Fsp3) is 0.550. The van der Waals surface area contributed by atoms with Crippen LogP contribution in [0.4, 0.5) is 4.39 Å². The Kier molecular flexibility index (Phi) is 6.63. The first kappa shape index (κ1) is 18.9. The van der Waals surface area contributed by atoms with Crippen molar-refractivity contribution in [3.63, 3.8) is 0 Å². The topological polar surface area (TPSA) is 67.8 Å². The Labute approximate surface area is 153 Å². The van der Waals surface area contributed by atoms with Gasteiger partial charge in [0.1, 0.15) is 5.82 Å². The molecule has 142 valence electrons. The summed E-state index contributed by atoms with van der Waals surface area (Å²) in [4.78, 5) is 12.4. The van der Waals surface area contributed by atoms with Crippen molar-refractivity contribution in [3.05, 3.63) is 47.5 Å². The Morgan fingerprint density at radius 3 is 2.73 bits per heavy atom. The fourth-order valence-corrected chi connectivity index (χ4v) is 2.94. The van der Waals surface area contributed by atoms with E-state index in [4.69, 9.17) is 14.6 Å². The molecule has 0 saturated heterocycles. The Balaban J connectivity index is 1.66. The van der Waals surface area contributed by atoms with Gasteiger partial charge in [0, 0.05) is 25.5 Å². The molecule has 0 radical (unpaired) electrons. The van der Waals surface area contributed by atoms with E-state index in [1.165, 1.54) is 12.1 Å². The molecule has 0 aromatic heterocycles. The molecule has 1 aromatic carbocycles. The largest absolute Gasteiger partial charge is 0.459 e. The molecule has 1 aliphatic heterocycles. The third-order valence-electron chi connectivity index (χ3n) is 4.68. The van der Waals surface area contributed by atoms with Crippen LogP contribution in [0.2, 0.25) is 0 Å². The van der Waals surface area contributed by atoms with E-state index < -0.39 is 6.29 Å². The standard InChI is InChI=1S/C20H26FNO4/c21-17-7-5-15(6-8-17)16-11-18(20(24)22-13-14-3-4-14)26-19(12-16)25-10-2-1-9-23/h5-8,11,14,16,19,23H,1-4,9-10,12-13H2,(H,22,24)/t16-,19+/m1/s1. The van der Waals surface area contributed by atoms with Crippen molar-refractivity contribution < 1.29 is 23.8 Å². The number of allylic oxidation sites excluding steroid dienone is 1. The van der Waals surface area contributed by atoms with Crippen LogP contribution in [-0.4, -0.2) is 37.1 Å². The molecule has 1 aliphatic carbocycles. The number of hydrogen-bond acceptors (Lipinski definition) is 4. The van der Waals surface area contributed by atoms with Gasteiger partial charge in [-0.1, -0.05) is 12.1 Å². The maximum atomic E-state index is 13.2. The number of amides is 1. The lowest BCUT2D eigenvalue weighted by molar-refractivity contribution is -0.146. The number of unbranched alkanes of at least 4 members (excludes halogenated alkanes) is 1. The molecule has 3 rings (SSSR count). The summed E-state index contributed by atoms with van der Waals surface area (Å²) in [6, 6.07) is 6.29. The van der Waals surface area contributed by atoms with Gasteiger partial charge in [-0.15, -0.1) is 0 Å². The number of rotatable bonds is 9. The smallest absolute Gasteiger partial charge is 0.286 e. The van der Waals surface area contributed by atoms with E-state index in [2.05, 4.69) is 5.32 Å². The average Bonchev–Trinajstić information content (AvgIpc) is 3.48. The van der Waals surface area contributed by atoms with Crippen LogP contribution in [0.5, 0.6) is 0 Å². The van der Waals surface area contributed by atoms with Gasteiger partial charge in [-0.25, -0.2) is 4.39 Å². The van der Waals surface area contributed by atoms with Gasteiger partial charge in [-0.05, 0) is 55.4 Å². The first-order valence-corrected chi connectivity index (χ1v) is 9.30. The summed E-state index contributed by atoms with van der Waals surface area (Å²) in [5.74, 6) is 0.255. The van der Waals surface area contributed by atoms with Crippen molar-refractivity contribution in [1.82, 2.24) is 5.32 Å². The van der Waals surface area contributed by atoms with Crippen molar-refractivity contribution >= 4 is 5.91 Å². The highest BCUT2D eigenvalue weighted by molar-refractivity contribution is 5.91. The molecule has 6 heteroatoms. The molecule has 0 spiro atoms. The quantitative estimate of drug-likeness (QED) is 0.662. The molecular weight excluding hydrogens is 337 g/mol. The second-order valence-corrected chi connectivity index (χ2v) is 6.93. The summed E-state index contributed by atoms with van der Waals surface area (Å²) in [5, 5.41) is 11.8. The lowest BCUT2D eigenvalue weighted by atomic mass is 9.93. The summed E-state index contributed by atoms with van der Waals surface area (Å²) in [6.45, 7) is 1.25. The fourth-order valence-electron chi connectivity index (χ4n) is 2.94. The van der Waals surface area contributed by atoms with Crippen LogP contribution in [0.3, 0.4) is 0 Å². The van der Waals surface area contributed by atoms with Crippen LogP contribution in [0.25, 0.3) is 0 Å². The molecule has 2 atom stereocenters. The van der Waals surface area contributed by atoms with Gasteiger partial charge in [-0.3, -0.25) is 4.79 Å². The molecule has 26 heavy (non-hydrogen) atoms. The number of hydrogen-bond donors (Lipinski definition) is 2. The Bertz CT molecular complexity index is 627. The van der Waals surface area contributed by atoms with Crippen molar-refractivity contribution in [2.45, 2.75) is 44.3 Å². The number of aliphatic hydroxyl groups excluding tert-OH is 1. The predicted octanol–water partition coefficient (Wildman–Crippen LogP) is 2.85. The second kappa shape index (κ2) is 9.14. The van der Waals surface area contributed by atoms with Gasteiger partial charge >= 0.3 is 0 Å². The number of carbonyl (C=O) groups excluding carboxylic acids is 1. The molecule has 2 aliphatic rings. The number of halogens is 1. The van der Waals surface area contributed by atoms with Crippen LogP contribution >= 0.6 is 0 Å². The Morgan fingerprint density at radius 1 is 1.27 bits per heavy atom. The zero-order valence-corrected chi connectivity index (χ0v) is 14.8. The summed E-state index contributed by atoms with van der Waals surface area (Å²) in [6.07, 6.45) is 5.54. The lowest BCUT2D eigenvalue weighted by Crippen LogP contribution is -2.34. The number of carbonyl (C=O) groups is 1. The van der Waals surface area contributed by atoms with Gasteiger partial charge in [-0.2, -0.15) is 0 Å². The average molecular weight is 363 g/mol. The molecule has 0 unspecified atom stereocenters. The van der Waals surface area contributed by atoms with Crippen molar-refractivity contribution in [3.8, 4) is 0 Å². The van der Waals surface area contributed by atoms with Crippen molar-refractivity contribution in [1.29, 1.82) is 0 Å². The van der Waals surface area contributed by atoms with Gasteiger partial charge in [0.15, 0.2) is 5.76 Å². The molecular formula is C20H26FNO4. The van der Waals surface area contributed by atoms with Gasteiger partial charge in [0.05, 0.1) is 6.61 Å². The van der Waals surface area contributed by atoms with Gasteiger partial charge < -0.3 is 19.9 Å². The van der Waals surface area contributed by atoms with E-state index in [1.807, 2.05) is 0 Å². The summed E-state index contributed by atoms with van der Waals surface area (Å²) in [7, 11) is 0. The lowest BCUT2D eigenvalue weighted by Gasteiger charge is -2.29. The first-order chi connectivity index (χ1) is 12.7. The van der Waals surface area contributed by atoms with Crippen molar-refractivity contribution in [2.24, 2.45) is 5.92 Å². The van der Waals surface area contributed by atoms with E-state index in [-0.39, 0.29) is 30.0 Å². The molecule has 1 saturated carbocycles. The van der Waals surface area contributed by atoms with E-state index in [0.717, 1.165) is 24.8 Å². The maximum absolute atomic E-state index is 13.2. The number of aliphatic hydroxyl groups is 1. The maximum Gasteiger partial charge on any atom is 0.286 e. The van der Waals surface area contributed by atoms with E-state index in [0.29, 0.717) is 31.9 Å². The third kappa shape index (κ3) is 5.54. The van der Waals surface area contributed by atoms with Gasteiger partial charge in [0.2, 0.25) is 6.29 Å². The minimum atomic E-state index is -0.532. The normalized spacial score (nSPS) is 22.5. The Hall–Kier alpha value is -1.92. The van der Waals surface area contributed by atoms with Gasteiger partial charge in [0.25, 0.3) is 5.91 Å². The third-order valence-corrected chi connectivity index (χ3v) is 4.68. The first-order valence-electron chi connectivity index (χ1n) is 9.30. The number of benzene rings is 1. The van der Waals surface area contributed by atoms with Crippen LogP contribution in [0.15, 0.2) is 36.1 Å². The summed E-state index contributed by atoms with van der Waals surface area (Å²) >= 11 is 0. The molecule has 1 heterocycles. The summed E-state index contributed by atoms with van der Waals surface area (Å²) in [5.41, 5.74) is 0.922. The van der Waals surface area contributed by atoms with Crippen LogP contribution in [0, 0.1) is 11.7 Å². The molecule has 2 N–H and O–H groups in total. The molecule has 5 nitrogen and oxygen atoms in total. The molecule has 1 fully saturated rings. The monoisotopic (exact) mass is 363 g/mol. The highest BCUT2D eigenvalue weighted by Gasteiger charge is 2.29. The van der Waals surface area contributed by atoms with E-state index >= 15 is 0 Å². The molecule has 1 aromatic rings. The van der Waals surface area contributed by atoms with Crippen LogP contribution < -0.4 is 5.32 Å². The highest BCUT2D eigenvalue weighted by Crippen LogP contribution is 2.32. The van der Waals surface area contributed by atoms with E-state index in [9.17, 15) is 9.18 Å². The zero-order valence-electron chi connectivity index (χ0n) is 14.8. The van der Waals surface area contributed by atoms with Crippen LogP contribution in [-0.2, 0) is 14.3 Å². The SMILES string of the molecule is O=C(NCC1CC1)C1=C[C@@H](c2ccc(F)cc2)C[C@@H](OCCCCO)O1. The zero-order chi connectivity index (χ0) is 18.4. The minimum Gasteiger partial charge on any atom is -0.459 e. The minimum absolute atomic E-state index is 0.0751. The molecule has 1 amide bonds. The Morgan fingerprint density at radius 2 is 2.04 bits per heavy atom. The summed E-state index contributed by atoms with van der Waals surface area (Å²) < 4.78 is 24.7. The van der Waals surface area contributed by atoms with E-state index in [1.54, 1.807) is 18.2 Å². The predicted molar refractivity (Wildman–Crippen MR) is 94.7 cm³/mol. The molecule has 0 bridgehead atoms. The van der Waals surface area contributed by atoms with Crippen molar-refractivity contribution in [2.75, 3.05) is 19.8 Å². The highest BCUT2D eigenvalue weighted by atomic mass is 19.1. The van der Waals surface area contributed by atoms with Crippen LogP contribution in [0.1, 0.15) is 43.6 Å². The number of ether oxygens (including phenoxy) is 2. The second-order valence-electron chi connectivity index (χ2n) is 6.93. The number of nitrogens with one attached hydrogen (secondary N) is 1.